The van der Waals surface area contributed by atoms with Crippen molar-refractivity contribution in [3.05, 3.63) is 35.3 Å². The molecule has 4 heterocycles. The Hall–Kier alpha value is -4.15. The number of nitrogens with two attached hydrogens (primary N) is 2. The van der Waals surface area contributed by atoms with Gasteiger partial charge in [0.15, 0.2) is 5.69 Å². The van der Waals surface area contributed by atoms with Gasteiger partial charge in [-0.1, -0.05) is 0 Å². The van der Waals surface area contributed by atoms with Crippen molar-refractivity contribution in [3.63, 3.8) is 0 Å². The zero-order valence-corrected chi connectivity index (χ0v) is 21.7. The predicted octanol–water partition coefficient (Wildman–Crippen LogP) is 2.79. The van der Waals surface area contributed by atoms with Crippen molar-refractivity contribution in [2.24, 2.45) is 11.1 Å². The van der Waals surface area contributed by atoms with E-state index in [0.717, 1.165) is 4.90 Å². The number of nitrogens with zero attached hydrogens (tertiary/aromatic N) is 6. The number of halogens is 3. The van der Waals surface area contributed by atoms with Gasteiger partial charge in [-0.05, 0) is 50.7 Å². The highest BCUT2D eigenvalue weighted by Gasteiger charge is 2.48. The summed E-state index contributed by atoms with van der Waals surface area (Å²) in [5, 5.41) is 9.38. The first kappa shape index (κ1) is 27.4. The van der Waals surface area contributed by atoms with Gasteiger partial charge in [0.05, 0.1) is 17.2 Å². The fraction of sp³-hybridized carbons (Fsp3) is 0.538. The summed E-state index contributed by atoms with van der Waals surface area (Å²) in [5.41, 5.74) is 11.3. The number of ether oxygens (including phenoxy) is 1. The van der Waals surface area contributed by atoms with E-state index < -0.39 is 29.4 Å². The topological polar surface area (TPSA) is 164 Å². The van der Waals surface area contributed by atoms with E-state index in [4.69, 9.17) is 16.2 Å². The number of aromatic nitrogens is 3. The molecule has 11 nitrogen and oxygen atoms in total. The highest BCUT2D eigenvalue weighted by Crippen LogP contribution is 2.45. The lowest BCUT2D eigenvalue weighted by Gasteiger charge is -2.33. The van der Waals surface area contributed by atoms with E-state index in [1.165, 1.54) is 6.07 Å². The van der Waals surface area contributed by atoms with Crippen LogP contribution in [0.15, 0.2) is 18.2 Å². The first-order valence-electron chi connectivity index (χ1n) is 13.1. The number of carbonyl (C=O) groups is 2. The lowest BCUT2D eigenvalue weighted by Crippen LogP contribution is -2.45. The summed E-state index contributed by atoms with van der Waals surface area (Å²) in [6, 6.07) is 4.93. The summed E-state index contributed by atoms with van der Waals surface area (Å²) in [6.07, 6.45) is -1.88. The van der Waals surface area contributed by atoms with Crippen molar-refractivity contribution < 1.29 is 27.5 Å². The molecule has 2 aromatic heterocycles. The van der Waals surface area contributed by atoms with Crippen LogP contribution >= 0.6 is 0 Å². The van der Waals surface area contributed by atoms with Crippen LogP contribution in [0.3, 0.4) is 0 Å². The van der Waals surface area contributed by atoms with Crippen molar-refractivity contribution in [3.8, 4) is 12.1 Å². The minimum Gasteiger partial charge on any atom is -0.462 e. The van der Waals surface area contributed by atoms with Crippen LogP contribution in [0.1, 0.15) is 71.1 Å². The molecule has 2 aliphatic heterocycles. The number of anilines is 2. The second-order valence-electron chi connectivity index (χ2n) is 10.6. The normalized spacial score (nSPS) is 20.7. The van der Waals surface area contributed by atoms with Crippen LogP contribution in [0, 0.1) is 16.7 Å². The molecule has 212 valence electrons. The fourth-order valence-corrected chi connectivity index (χ4v) is 5.20. The molecular weight excluding hydrogens is 529 g/mol. The Labute approximate surface area is 228 Å². The number of piperidine rings is 1. The van der Waals surface area contributed by atoms with Crippen LogP contribution in [0.25, 0.3) is 0 Å². The fourth-order valence-electron chi connectivity index (χ4n) is 5.20. The second kappa shape index (κ2) is 10.4. The van der Waals surface area contributed by atoms with Crippen molar-refractivity contribution in [1.29, 1.82) is 5.26 Å². The summed E-state index contributed by atoms with van der Waals surface area (Å²) in [7, 11) is 0. The third kappa shape index (κ3) is 5.59. The number of rotatable bonds is 7. The van der Waals surface area contributed by atoms with Crippen molar-refractivity contribution in [2.75, 3.05) is 36.9 Å². The number of pyridine rings is 1. The quantitative estimate of drug-likeness (QED) is 0.520. The molecular formula is C26H29F3N8O3. The van der Waals surface area contributed by atoms with Gasteiger partial charge in [-0.25, -0.2) is 4.98 Å². The van der Waals surface area contributed by atoms with Crippen LogP contribution in [0.2, 0.25) is 0 Å². The monoisotopic (exact) mass is 558 g/mol. The number of primary amides is 1. The third-order valence-corrected chi connectivity index (χ3v) is 7.79. The first-order chi connectivity index (χ1) is 19.0. The summed E-state index contributed by atoms with van der Waals surface area (Å²) >= 11 is 0. The average molecular weight is 559 g/mol. The maximum atomic E-state index is 13.6. The van der Waals surface area contributed by atoms with Crippen LogP contribution in [0.4, 0.5) is 24.7 Å². The minimum absolute atomic E-state index is 0.0103. The highest BCUT2D eigenvalue weighted by molar-refractivity contribution is 5.96. The molecule has 0 bridgehead atoms. The van der Waals surface area contributed by atoms with E-state index in [1.54, 1.807) is 12.1 Å². The van der Waals surface area contributed by atoms with E-state index in [1.807, 2.05) is 4.90 Å². The van der Waals surface area contributed by atoms with Gasteiger partial charge < -0.3 is 26.0 Å². The molecule has 3 aliphatic rings. The lowest BCUT2D eigenvalue weighted by molar-refractivity contribution is -0.169. The maximum Gasteiger partial charge on any atom is 0.408 e. The van der Waals surface area contributed by atoms with Crippen LogP contribution in [-0.2, 0) is 0 Å². The van der Waals surface area contributed by atoms with Gasteiger partial charge in [-0.3, -0.25) is 9.59 Å². The van der Waals surface area contributed by atoms with E-state index in [9.17, 15) is 28.0 Å². The zero-order valence-electron chi connectivity index (χ0n) is 21.7. The Morgan fingerprint density at radius 3 is 2.48 bits per heavy atom. The van der Waals surface area contributed by atoms with Crippen molar-refractivity contribution in [2.45, 2.75) is 56.7 Å². The molecule has 3 fully saturated rings. The Balaban J connectivity index is 1.37. The Morgan fingerprint density at radius 1 is 1.12 bits per heavy atom. The van der Waals surface area contributed by atoms with Crippen molar-refractivity contribution >= 4 is 23.3 Å². The summed E-state index contributed by atoms with van der Waals surface area (Å²) in [4.78, 5) is 40.6. The number of alkyl halides is 3. The summed E-state index contributed by atoms with van der Waals surface area (Å²) < 4.78 is 46.4. The molecule has 14 heteroatoms. The molecule has 2 saturated heterocycles. The van der Waals surface area contributed by atoms with Gasteiger partial charge in [0, 0.05) is 37.3 Å². The Morgan fingerprint density at radius 2 is 1.85 bits per heavy atom. The molecule has 4 N–H and O–H groups in total. The smallest absolute Gasteiger partial charge is 0.408 e. The van der Waals surface area contributed by atoms with Gasteiger partial charge in [-0.15, -0.1) is 0 Å². The molecule has 0 radical (unpaired) electrons. The number of hydrogen-bond acceptors (Lipinski definition) is 9. The maximum absolute atomic E-state index is 13.6. The van der Waals surface area contributed by atoms with E-state index in [2.05, 4.69) is 21.0 Å². The van der Waals surface area contributed by atoms with Gasteiger partial charge in [0.2, 0.25) is 0 Å². The van der Waals surface area contributed by atoms with E-state index in [-0.39, 0.29) is 55.0 Å². The predicted molar refractivity (Wildman–Crippen MR) is 136 cm³/mol. The molecule has 40 heavy (non-hydrogen) atoms. The number of carbonyl (C=O) groups excluding carboxylic acids is 2. The largest absolute Gasteiger partial charge is 0.462 e. The molecule has 2 amide bonds. The van der Waals surface area contributed by atoms with E-state index in [0.29, 0.717) is 50.3 Å². The highest BCUT2D eigenvalue weighted by atomic mass is 19.4. The third-order valence-electron chi connectivity index (χ3n) is 7.79. The zero-order chi connectivity index (χ0) is 28.7. The van der Waals surface area contributed by atoms with Crippen LogP contribution < -0.4 is 21.1 Å². The second-order valence-corrected chi connectivity index (χ2v) is 10.6. The van der Waals surface area contributed by atoms with Gasteiger partial charge in [-0.2, -0.15) is 28.4 Å². The summed E-state index contributed by atoms with van der Waals surface area (Å²) in [5.74, 6) is -1.19. The number of nitrogen functional groups attached to an aromatic ring is 1. The minimum atomic E-state index is -4.54. The Kier molecular flexibility index (Phi) is 7.16. The lowest BCUT2D eigenvalue weighted by atomic mass is 9.92. The molecule has 1 aliphatic carbocycles. The molecule has 1 atom stereocenters. The van der Waals surface area contributed by atoms with Crippen molar-refractivity contribution in [1.82, 2.24) is 19.9 Å². The number of hydrogen-bond donors (Lipinski definition) is 2. The van der Waals surface area contributed by atoms with Gasteiger partial charge in [0.1, 0.15) is 24.2 Å². The Bertz CT molecular complexity index is 1350. The molecule has 0 spiro atoms. The first-order valence-corrected chi connectivity index (χ1v) is 13.1. The number of likely N-dealkylation sites (tertiary alicyclic amines) is 1. The van der Waals surface area contributed by atoms with Gasteiger partial charge >= 0.3 is 12.2 Å². The van der Waals surface area contributed by atoms with Crippen LogP contribution in [0.5, 0.6) is 6.01 Å². The molecule has 1 unspecified atom stereocenters. The standard InChI is InChI=1S/C26H29F3N8O3/c27-26(28,29)19-2-1-9-37(19)23(39)18-12-20(35-24(34-18)40-14-25(13-30)7-8-25)36-10-5-15(6-11-36)17-4-3-16(31)21(33-17)22(32)38/h3-4,12,15,19H,1-2,5-11,14,31H2,(H2,32,38). The molecule has 0 aromatic carbocycles. The molecule has 1 saturated carbocycles. The van der Waals surface area contributed by atoms with E-state index >= 15 is 0 Å². The number of nitriles is 1. The summed E-state index contributed by atoms with van der Waals surface area (Å²) in [6.45, 7) is 0.985. The van der Waals surface area contributed by atoms with Gasteiger partial charge in [0.25, 0.3) is 11.8 Å². The average Bonchev–Trinajstić information content (AvgIpc) is 3.54. The molecule has 2 aromatic rings. The SMILES string of the molecule is N#CC1(COc2nc(C(=O)N3CCCC3C(F)(F)F)cc(N3CCC(c4ccc(N)c(C(N)=O)n4)CC3)n2)CC1. The molecule has 5 rings (SSSR count). The number of amides is 2. The van der Waals surface area contributed by atoms with Crippen LogP contribution in [-0.4, -0.2) is 70.1 Å².